The molecule has 2 aromatic rings. The van der Waals surface area contributed by atoms with Crippen molar-refractivity contribution in [1.29, 1.82) is 0 Å². The van der Waals surface area contributed by atoms with E-state index >= 15 is 0 Å². The normalized spacial score (nSPS) is 10.2. The number of fused-ring (bicyclic) bond motifs is 1. The summed E-state index contributed by atoms with van der Waals surface area (Å²) in [5.41, 5.74) is 0.508. The molecule has 0 atom stereocenters. The van der Waals surface area contributed by atoms with Gasteiger partial charge in [0.2, 0.25) is 0 Å². The van der Waals surface area contributed by atoms with E-state index in [2.05, 4.69) is 9.72 Å². The first-order chi connectivity index (χ1) is 8.20. The molecule has 0 spiro atoms. The second-order valence-electron chi connectivity index (χ2n) is 3.61. The van der Waals surface area contributed by atoms with Crippen LogP contribution in [0.25, 0.3) is 10.8 Å². The molecule has 2 rings (SSSR count). The number of ether oxygens (including phenoxy) is 1. The average molecular weight is 229 g/mol. The van der Waals surface area contributed by atoms with E-state index in [9.17, 15) is 9.59 Å². The molecule has 0 aliphatic heterocycles. The van der Waals surface area contributed by atoms with Crippen LogP contribution >= 0.6 is 0 Å². The monoisotopic (exact) mass is 229 g/mol. The van der Waals surface area contributed by atoms with Crippen LogP contribution in [0.4, 0.5) is 0 Å². The van der Waals surface area contributed by atoms with Crippen molar-refractivity contribution in [2.45, 2.75) is 6.42 Å². The largest absolute Gasteiger partial charge is 0.469 e. The minimum absolute atomic E-state index is 0.229. The van der Waals surface area contributed by atoms with Crippen molar-refractivity contribution in [2.75, 3.05) is 7.11 Å². The highest BCUT2D eigenvalue weighted by Crippen LogP contribution is 2.15. The molecule has 1 aromatic heterocycles. The maximum Gasteiger partial charge on any atom is 0.313 e. The zero-order valence-electron chi connectivity index (χ0n) is 9.34. The Morgan fingerprint density at radius 2 is 2.06 bits per heavy atom. The van der Waals surface area contributed by atoms with Crippen LogP contribution in [-0.4, -0.2) is 23.8 Å². The Kier molecular flexibility index (Phi) is 3.14. The number of ketones is 1. The van der Waals surface area contributed by atoms with Gasteiger partial charge in [-0.2, -0.15) is 0 Å². The second kappa shape index (κ2) is 4.74. The van der Waals surface area contributed by atoms with Gasteiger partial charge in [0.25, 0.3) is 0 Å². The summed E-state index contributed by atoms with van der Waals surface area (Å²) < 4.78 is 4.46. The number of benzene rings is 1. The lowest BCUT2D eigenvalue weighted by molar-refractivity contribution is -0.139. The predicted octanol–water partition coefficient (Wildman–Crippen LogP) is 1.98. The van der Waals surface area contributed by atoms with Gasteiger partial charge in [-0.1, -0.05) is 12.1 Å². The SMILES string of the molecule is COC(=O)CC(=O)c1ccc2cnccc2c1. The predicted molar refractivity (Wildman–Crippen MR) is 62.7 cm³/mol. The fourth-order valence-corrected chi connectivity index (χ4v) is 1.56. The van der Waals surface area contributed by atoms with Crippen molar-refractivity contribution in [3.05, 3.63) is 42.2 Å². The fraction of sp³-hybridized carbons (Fsp3) is 0.154. The van der Waals surface area contributed by atoms with Gasteiger partial charge in [-0.15, -0.1) is 0 Å². The van der Waals surface area contributed by atoms with Crippen LogP contribution in [0, 0.1) is 0 Å². The number of Topliss-reactive ketones (excluding diaryl/α,β-unsaturated/α-hetero) is 1. The van der Waals surface area contributed by atoms with E-state index in [0.717, 1.165) is 10.8 Å². The number of carbonyl (C=O) groups excluding carboxylic acids is 2. The van der Waals surface area contributed by atoms with Crippen molar-refractivity contribution >= 4 is 22.5 Å². The van der Waals surface area contributed by atoms with Crippen molar-refractivity contribution < 1.29 is 14.3 Å². The van der Waals surface area contributed by atoms with E-state index in [1.54, 1.807) is 24.5 Å². The number of aromatic nitrogens is 1. The number of esters is 1. The standard InChI is InChI=1S/C13H11NO3/c1-17-13(16)7-12(15)10-2-3-11-8-14-5-4-9(11)6-10/h2-6,8H,7H2,1H3. The molecule has 17 heavy (non-hydrogen) atoms. The van der Waals surface area contributed by atoms with Gasteiger partial charge < -0.3 is 4.74 Å². The molecule has 0 bridgehead atoms. The molecule has 0 fully saturated rings. The van der Waals surface area contributed by atoms with Gasteiger partial charge in [0, 0.05) is 23.3 Å². The Morgan fingerprint density at radius 3 is 2.82 bits per heavy atom. The van der Waals surface area contributed by atoms with Gasteiger partial charge in [-0.25, -0.2) is 0 Å². The summed E-state index contributed by atoms with van der Waals surface area (Å²) in [5, 5.41) is 1.89. The number of nitrogens with zero attached hydrogens (tertiary/aromatic N) is 1. The lowest BCUT2D eigenvalue weighted by Crippen LogP contribution is -2.09. The first-order valence-corrected chi connectivity index (χ1v) is 5.14. The third-order valence-corrected chi connectivity index (χ3v) is 2.50. The van der Waals surface area contributed by atoms with Crippen molar-refractivity contribution in [3.63, 3.8) is 0 Å². The van der Waals surface area contributed by atoms with E-state index in [0.29, 0.717) is 5.56 Å². The lowest BCUT2D eigenvalue weighted by atomic mass is 10.0. The fourth-order valence-electron chi connectivity index (χ4n) is 1.56. The van der Waals surface area contributed by atoms with Crippen molar-refractivity contribution in [3.8, 4) is 0 Å². The van der Waals surface area contributed by atoms with E-state index in [1.165, 1.54) is 7.11 Å². The van der Waals surface area contributed by atoms with Crippen LogP contribution in [0.2, 0.25) is 0 Å². The Labute approximate surface area is 98.2 Å². The van der Waals surface area contributed by atoms with Gasteiger partial charge in [-0.05, 0) is 17.5 Å². The average Bonchev–Trinajstić information content (AvgIpc) is 2.38. The molecule has 0 saturated heterocycles. The molecule has 0 aliphatic rings. The van der Waals surface area contributed by atoms with Crippen LogP contribution in [0.5, 0.6) is 0 Å². The van der Waals surface area contributed by atoms with Crippen LogP contribution in [-0.2, 0) is 9.53 Å². The smallest absolute Gasteiger partial charge is 0.313 e. The van der Waals surface area contributed by atoms with Crippen LogP contribution < -0.4 is 0 Å². The molecule has 86 valence electrons. The minimum Gasteiger partial charge on any atom is -0.469 e. The third-order valence-electron chi connectivity index (χ3n) is 2.50. The Balaban J connectivity index is 2.30. The van der Waals surface area contributed by atoms with Gasteiger partial charge in [-0.3, -0.25) is 14.6 Å². The molecule has 0 radical (unpaired) electrons. The Hall–Kier alpha value is -2.23. The highest BCUT2D eigenvalue weighted by Gasteiger charge is 2.12. The first-order valence-electron chi connectivity index (χ1n) is 5.14. The molecular formula is C13H11NO3. The van der Waals surface area contributed by atoms with E-state index in [4.69, 9.17) is 0 Å². The summed E-state index contributed by atoms with van der Waals surface area (Å²) in [5.74, 6) is -0.764. The number of pyridine rings is 1. The maximum absolute atomic E-state index is 11.7. The minimum atomic E-state index is -0.523. The van der Waals surface area contributed by atoms with E-state index < -0.39 is 5.97 Å². The molecular weight excluding hydrogens is 218 g/mol. The number of hydrogen-bond donors (Lipinski definition) is 0. The Bertz CT molecular complexity index is 578. The molecule has 0 aliphatic carbocycles. The van der Waals surface area contributed by atoms with Crippen LogP contribution in [0.15, 0.2) is 36.7 Å². The molecule has 4 nitrogen and oxygen atoms in total. The molecule has 0 N–H and O–H groups in total. The number of carbonyl (C=O) groups is 2. The van der Waals surface area contributed by atoms with E-state index in [1.807, 2.05) is 12.1 Å². The van der Waals surface area contributed by atoms with Gasteiger partial charge in [0.15, 0.2) is 5.78 Å². The molecule has 1 aromatic carbocycles. The summed E-state index contributed by atoms with van der Waals surface area (Å²) in [6.45, 7) is 0. The summed E-state index contributed by atoms with van der Waals surface area (Å²) in [6, 6.07) is 7.08. The maximum atomic E-state index is 11.7. The Morgan fingerprint density at radius 1 is 1.24 bits per heavy atom. The molecule has 0 amide bonds. The molecule has 0 saturated carbocycles. The van der Waals surface area contributed by atoms with Crippen LogP contribution in [0.1, 0.15) is 16.8 Å². The quantitative estimate of drug-likeness (QED) is 0.458. The summed E-state index contributed by atoms with van der Waals surface area (Å²) >= 11 is 0. The molecule has 0 unspecified atom stereocenters. The van der Waals surface area contributed by atoms with Gasteiger partial charge in [0.05, 0.1) is 7.11 Å². The third kappa shape index (κ3) is 2.47. The van der Waals surface area contributed by atoms with Crippen LogP contribution in [0.3, 0.4) is 0 Å². The number of hydrogen-bond acceptors (Lipinski definition) is 4. The van der Waals surface area contributed by atoms with Crippen molar-refractivity contribution in [2.24, 2.45) is 0 Å². The highest BCUT2D eigenvalue weighted by molar-refractivity contribution is 6.07. The zero-order valence-corrected chi connectivity index (χ0v) is 9.34. The van der Waals surface area contributed by atoms with Crippen molar-refractivity contribution in [1.82, 2.24) is 4.98 Å². The topological polar surface area (TPSA) is 56.3 Å². The first kappa shape index (κ1) is 11.3. The summed E-state index contributed by atoms with van der Waals surface area (Å²) in [4.78, 5) is 26.7. The highest BCUT2D eigenvalue weighted by atomic mass is 16.5. The van der Waals surface area contributed by atoms with Gasteiger partial charge in [0.1, 0.15) is 6.42 Å². The zero-order chi connectivity index (χ0) is 12.3. The molecule has 4 heteroatoms. The summed E-state index contributed by atoms with van der Waals surface area (Å²) in [6.07, 6.45) is 3.16. The number of rotatable bonds is 3. The van der Waals surface area contributed by atoms with E-state index in [-0.39, 0.29) is 12.2 Å². The second-order valence-corrected chi connectivity index (χ2v) is 3.61. The van der Waals surface area contributed by atoms with Gasteiger partial charge >= 0.3 is 5.97 Å². The lowest BCUT2D eigenvalue weighted by Gasteiger charge is -2.02. The molecule has 1 heterocycles. The number of methoxy groups -OCH3 is 1. The summed E-state index contributed by atoms with van der Waals surface area (Å²) in [7, 11) is 1.27.